The van der Waals surface area contributed by atoms with E-state index in [0.717, 1.165) is 0 Å². The second kappa shape index (κ2) is 34.0. The highest BCUT2D eigenvalue weighted by Crippen LogP contribution is 2.23. The number of aryl methyl sites for hydroxylation is 3. The summed E-state index contributed by atoms with van der Waals surface area (Å²) in [6.45, 7) is 7.07. The lowest BCUT2D eigenvalue weighted by Gasteiger charge is -2.25. The zero-order valence-electron chi connectivity index (χ0n) is 52.1. The van der Waals surface area contributed by atoms with Crippen molar-refractivity contribution in [1.82, 2.24) is 29.7 Å². The first-order chi connectivity index (χ1) is 43.8. The van der Waals surface area contributed by atoms with Crippen LogP contribution < -0.4 is 14.2 Å². The van der Waals surface area contributed by atoms with Gasteiger partial charge in [-0.2, -0.15) is 25.3 Å². The van der Waals surface area contributed by atoms with E-state index >= 15 is 0 Å². The highest BCUT2D eigenvalue weighted by atomic mass is 32.2. The Morgan fingerprint density at radius 2 is 0.652 bits per heavy atom. The molecule has 1 saturated heterocycles. The molecule has 0 atom stereocenters. The number of ether oxygens (including phenoxy) is 6. The fourth-order valence-electron chi connectivity index (χ4n) is 9.41. The minimum atomic E-state index is -4.32. The SMILES string of the molecule is CC.COC(=O)c1cc(C#Cc2ccc(OC)cc2CCS(=O)(=O)O)cc(CN2CCN(Cc3cc(C#Cc4ccc(OC)cc4CCS(=O)(=O)O)cc(C(=O)OC)n3)CCN(Cc3cc(C#Cc4ccc(OC)cc4CCS(=O)(=O)O)cc(C(=O)OC)n3)CC2)n1. The number of aromatic nitrogens is 3. The van der Waals surface area contributed by atoms with Crippen molar-refractivity contribution in [2.24, 2.45) is 0 Å². The van der Waals surface area contributed by atoms with Crippen molar-refractivity contribution in [3.05, 3.63) is 175 Å². The van der Waals surface area contributed by atoms with E-state index in [0.29, 0.717) is 124 Å². The summed E-state index contributed by atoms with van der Waals surface area (Å²) in [6.07, 6.45) is -0.188. The van der Waals surface area contributed by atoms with Crippen LogP contribution in [-0.2, 0) is 83.5 Å². The van der Waals surface area contributed by atoms with E-state index in [-0.39, 0.29) is 56.0 Å². The van der Waals surface area contributed by atoms with Crippen molar-refractivity contribution in [3.63, 3.8) is 0 Å². The van der Waals surface area contributed by atoms with Gasteiger partial charge in [0.25, 0.3) is 30.4 Å². The van der Waals surface area contributed by atoms with Crippen molar-refractivity contribution in [2.45, 2.75) is 52.7 Å². The first-order valence-electron chi connectivity index (χ1n) is 28.7. The number of carbonyl (C=O) groups is 3. The lowest BCUT2D eigenvalue weighted by atomic mass is 10.0. The van der Waals surface area contributed by atoms with Gasteiger partial charge < -0.3 is 28.4 Å². The molecule has 3 aromatic carbocycles. The van der Waals surface area contributed by atoms with Crippen LogP contribution in [0.25, 0.3) is 0 Å². The van der Waals surface area contributed by atoms with Gasteiger partial charge in [-0.3, -0.25) is 28.4 Å². The summed E-state index contributed by atoms with van der Waals surface area (Å²) in [7, 11) is -4.89. The van der Waals surface area contributed by atoms with Crippen molar-refractivity contribution < 1.29 is 81.7 Å². The predicted molar refractivity (Wildman–Crippen MR) is 341 cm³/mol. The van der Waals surface area contributed by atoms with Crippen LogP contribution in [0, 0.1) is 35.5 Å². The van der Waals surface area contributed by atoms with E-state index < -0.39 is 65.5 Å². The molecule has 1 aliphatic rings. The monoisotopic (exact) mass is 1320 g/mol. The molecule has 6 aromatic rings. The van der Waals surface area contributed by atoms with Gasteiger partial charge in [0, 0.05) is 92.3 Å². The third-order valence-corrected chi connectivity index (χ3v) is 16.2. The quantitative estimate of drug-likeness (QED) is 0.0342. The smallest absolute Gasteiger partial charge is 0.356 e. The summed E-state index contributed by atoms with van der Waals surface area (Å²) in [4.78, 5) is 60.0. The molecular formula is C65H72N6O18S3. The number of rotatable bonds is 21. The van der Waals surface area contributed by atoms with Crippen LogP contribution >= 0.6 is 0 Å². The fraction of sp³-hybridized carbons (Fsp3) is 0.354. The fourth-order valence-corrected chi connectivity index (χ4v) is 10.8. The lowest BCUT2D eigenvalue weighted by Crippen LogP contribution is -2.36. The number of esters is 3. The van der Waals surface area contributed by atoms with Crippen LogP contribution in [0.1, 0.15) is 112 Å². The van der Waals surface area contributed by atoms with E-state index in [1.165, 1.54) is 60.9 Å². The number of hydrogen-bond acceptors (Lipinski definition) is 21. The maximum atomic E-state index is 13.2. The molecule has 1 fully saturated rings. The molecule has 0 spiro atoms. The Labute approximate surface area is 536 Å². The molecule has 3 N–H and O–H groups in total. The van der Waals surface area contributed by atoms with Crippen molar-refractivity contribution in [2.75, 3.05) is 99.2 Å². The van der Waals surface area contributed by atoms with Crippen LogP contribution in [-0.4, -0.2) is 186 Å². The predicted octanol–water partition coefficient (Wildman–Crippen LogP) is 5.59. The molecule has 0 saturated carbocycles. The Kier molecular flexibility index (Phi) is 26.7. The molecule has 0 unspecified atom stereocenters. The van der Waals surface area contributed by atoms with Crippen LogP contribution in [0.4, 0.5) is 0 Å². The van der Waals surface area contributed by atoms with Crippen molar-refractivity contribution >= 4 is 48.3 Å². The van der Waals surface area contributed by atoms with E-state index in [1.807, 2.05) is 13.8 Å². The summed E-state index contributed by atoms with van der Waals surface area (Å²) in [6, 6.07) is 24.5. The van der Waals surface area contributed by atoms with Crippen LogP contribution in [0.5, 0.6) is 17.2 Å². The van der Waals surface area contributed by atoms with Gasteiger partial charge in [-0.15, -0.1) is 0 Å². The Morgan fingerprint density at radius 1 is 0.402 bits per heavy atom. The minimum absolute atomic E-state index is 0.0262. The number of hydrogen-bond donors (Lipinski definition) is 3. The molecule has 488 valence electrons. The molecular weight excluding hydrogens is 1250 g/mol. The Balaban J connectivity index is 0.00000665. The average Bonchev–Trinajstić information content (AvgIpc) is 2.12. The van der Waals surface area contributed by atoms with Crippen molar-refractivity contribution in [1.29, 1.82) is 0 Å². The first kappa shape index (κ1) is 72.3. The molecule has 0 radical (unpaired) electrons. The second-order valence-electron chi connectivity index (χ2n) is 20.4. The molecule has 1 aliphatic heterocycles. The molecule has 7 rings (SSSR count). The maximum Gasteiger partial charge on any atom is 0.356 e. The number of pyridine rings is 3. The lowest BCUT2D eigenvalue weighted by molar-refractivity contribution is 0.0584. The summed E-state index contributed by atoms with van der Waals surface area (Å²) >= 11 is 0. The van der Waals surface area contributed by atoms with Gasteiger partial charge in [-0.05, 0) is 127 Å². The number of methoxy groups -OCH3 is 6. The number of benzene rings is 3. The summed E-state index contributed by atoms with van der Waals surface area (Å²) < 4.78 is 130. The average molecular weight is 1320 g/mol. The minimum Gasteiger partial charge on any atom is -0.497 e. The first-order valence-corrected chi connectivity index (χ1v) is 33.5. The standard InChI is InChI=1S/C63H66N6O18S3.C2H6/c1-82-55-16-13-46(49(37-55)19-28-88(73,74)75)10-7-43-31-52(64-58(34-43)61(70)85-4)40-67-22-24-68(41-53-32-44(35-59(65-53)62(71)86-5)8-11-47-14-17-56(83-2)38-50(47)20-29-89(76,77)78)26-27-69(25-23-67)42-54-33-45(36-60(66-54)63(72)87-6)9-12-48-15-18-57(84-3)39-51(48)21-30-90(79,80)81;1-2/h13-18,31-39H,19-30,40-42H2,1-6H3,(H,73,74,75)(H,76,77,78)(H,79,80,81);1-2H3. The molecule has 4 heterocycles. The zero-order chi connectivity index (χ0) is 67.2. The Morgan fingerprint density at radius 3 is 0.870 bits per heavy atom. The topological polar surface area (TPSA) is 318 Å². The third kappa shape index (κ3) is 23.2. The van der Waals surface area contributed by atoms with E-state index in [1.54, 1.807) is 72.8 Å². The maximum absolute atomic E-state index is 13.2. The van der Waals surface area contributed by atoms with Gasteiger partial charge in [-0.25, -0.2) is 29.3 Å². The molecule has 0 aliphatic carbocycles. The van der Waals surface area contributed by atoms with Gasteiger partial charge in [-0.1, -0.05) is 49.4 Å². The highest BCUT2D eigenvalue weighted by Gasteiger charge is 2.23. The number of carbonyl (C=O) groups excluding carboxylic acids is 3. The van der Waals surface area contributed by atoms with E-state index in [9.17, 15) is 53.3 Å². The molecule has 0 bridgehead atoms. The Bertz CT molecular complexity index is 3770. The van der Waals surface area contributed by atoms with Gasteiger partial charge in [0.1, 0.15) is 34.3 Å². The molecule has 24 nitrogen and oxygen atoms in total. The van der Waals surface area contributed by atoms with Crippen LogP contribution in [0.3, 0.4) is 0 Å². The second-order valence-corrected chi connectivity index (χ2v) is 25.1. The van der Waals surface area contributed by atoms with Crippen molar-refractivity contribution in [3.8, 4) is 52.8 Å². The summed E-state index contributed by atoms with van der Waals surface area (Å²) in [5.41, 5.74) is 5.28. The normalized spacial score (nSPS) is 13.1. The number of nitrogens with zero attached hydrogens (tertiary/aromatic N) is 6. The molecule has 92 heavy (non-hydrogen) atoms. The highest BCUT2D eigenvalue weighted by molar-refractivity contribution is 7.86. The van der Waals surface area contributed by atoms with Crippen LogP contribution in [0.2, 0.25) is 0 Å². The van der Waals surface area contributed by atoms with Gasteiger partial charge in [0.05, 0.1) is 77.0 Å². The summed E-state index contributed by atoms with van der Waals surface area (Å²) in [5, 5.41) is 0. The summed E-state index contributed by atoms with van der Waals surface area (Å²) in [5.74, 6) is 16.0. The molecule has 27 heteroatoms. The largest absolute Gasteiger partial charge is 0.497 e. The van der Waals surface area contributed by atoms with E-state index in [2.05, 4.69) is 50.2 Å². The molecule has 3 aromatic heterocycles. The molecule has 0 amide bonds. The van der Waals surface area contributed by atoms with Gasteiger partial charge in [0.2, 0.25) is 0 Å². The Hall–Kier alpha value is -8.79. The van der Waals surface area contributed by atoms with Gasteiger partial charge >= 0.3 is 17.9 Å². The third-order valence-electron chi connectivity index (χ3n) is 14.0. The van der Waals surface area contributed by atoms with Crippen LogP contribution in [0.15, 0.2) is 91.0 Å². The zero-order valence-corrected chi connectivity index (χ0v) is 54.6. The van der Waals surface area contributed by atoms with E-state index in [4.69, 9.17) is 43.4 Å². The van der Waals surface area contributed by atoms with Gasteiger partial charge in [0.15, 0.2) is 0 Å².